The van der Waals surface area contributed by atoms with Gasteiger partial charge in [0, 0.05) is 24.7 Å². The molecule has 0 saturated carbocycles. The maximum Gasteiger partial charge on any atom is 0.0721 e. The zero-order valence-electron chi connectivity index (χ0n) is 9.45. The number of ether oxygens (including phenoxy) is 1. The topological polar surface area (TPSA) is 38.5 Å². The molecule has 0 aliphatic carbocycles. The van der Waals surface area contributed by atoms with E-state index in [2.05, 4.69) is 11.8 Å². The van der Waals surface area contributed by atoms with Crippen molar-refractivity contribution in [1.82, 2.24) is 0 Å². The molecule has 2 rings (SSSR count). The van der Waals surface area contributed by atoms with Gasteiger partial charge in [0.05, 0.1) is 17.5 Å². The van der Waals surface area contributed by atoms with Crippen molar-refractivity contribution in [3.8, 4) is 0 Å². The van der Waals surface area contributed by atoms with Crippen molar-refractivity contribution in [2.75, 3.05) is 30.3 Å². The van der Waals surface area contributed by atoms with Crippen molar-refractivity contribution in [2.45, 2.75) is 19.4 Å². The number of anilines is 2. The number of benzene rings is 1. The van der Waals surface area contributed by atoms with Gasteiger partial charge in [0.1, 0.15) is 0 Å². The molecular weight excluding hydrogens is 224 g/mol. The fraction of sp³-hybridized carbons (Fsp3) is 0.500. The van der Waals surface area contributed by atoms with Gasteiger partial charge in [-0.1, -0.05) is 11.6 Å². The van der Waals surface area contributed by atoms with Crippen molar-refractivity contribution < 1.29 is 4.74 Å². The van der Waals surface area contributed by atoms with Crippen molar-refractivity contribution in [3.05, 3.63) is 23.2 Å². The van der Waals surface area contributed by atoms with Gasteiger partial charge in [0.2, 0.25) is 0 Å². The molecule has 1 fully saturated rings. The zero-order valence-corrected chi connectivity index (χ0v) is 10.2. The lowest BCUT2D eigenvalue weighted by Crippen LogP contribution is -2.30. The number of hydrogen-bond donors (Lipinski definition) is 1. The monoisotopic (exact) mass is 240 g/mol. The van der Waals surface area contributed by atoms with Gasteiger partial charge in [0.15, 0.2) is 0 Å². The smallest absolute Gasteiger partial charge is 0.0721 e. The third kappa shape index (κ3) is 2.60. The summed E-state index contributed by atoms with van der Waals surface area (Å²) in [6, 6.07) is 5.60. The van der Waals surface area contributed by atoms with Crippen LogP contribution in [0.2, 0.25) is 5.02 Å². The molecule has 2 N–H and O–H groups in total. The minimum Gasteiger partial charge on any atom is -0.397 e. The molecule has 1 aromatic rings. The minimum atomic E-state index is 0.237. The summed E-state index contributed by atoms with van der Waals surface area (Å²) in [5, 5.41) is 0.724. The molecule has 4 heteroatoms. The Balaban J connectivity index is 2.24. The highest BCUT2D eigenvalue weighted by Crippen LogP contribution is 2.28. The van der Waals surface area contributed by atoms with Gasteiger partial charge < -0.3 is 15.4 Å². The first-order chi connectivity index (χ1) is 7.66. The Morgan fingerprint density at radius 2 is 2.31 bits per heavy atom. The number of halogens is 1. The summed E-state index contributed by atoms with van der Waals surface area (Å²) in [7, 11) is 0. The Kier molecular flexibility index (Phi) is 3.56. The van der Waals surface area contributed by atoms with E-state index in [0.29, 0.717) is 0 Å². The van der Waals surface area contributed by atoms with Crippen LogP contribution in [-0.2, 0) is 4.74 Å². The first-order valence-electron chi connectivity index (χ1n) is 5.58. The van der Waals surface area contributed by atoms with Gasteiger partial charge in [-0.05, 0) is 31.5 Å². The van der Waals surface area contributed by atoms with Gasteiger partial charge in [-0.3, -0.25) is 0 Å². The molecule has 1 unspecified atom stereocenters. The summed E-state index contributed by atoms with van der Waals surface area (Å²) >= 11 is 6.00. The number of rotatable bonds is 1. The van der Waals surface area contributed by atoms with E-state index in [-0.39, 0.29) is 6.10 Å². The highest BCUT2D eigenvalue weighted by atomic mass is 35.5. The standard InChI is InChI=1S/C12H17ClN2O/c1-9-8-15(5-2-6-16-9)12-7-10(13)3-4-11(12)14/h3-4,7,9H,2,5-6,8,14H2,1H3. The predicted molar refractivity (Wildman–Crippen MR) is 68.1 cm³/mol. The number of nitrogens with two attached hydrogens (primary N) is 1. The average Bonchev–Trinajstić information content (AvgIpc) is 2.46. The van der Waals surface area contributed by atoms with Crippen molar-refractivity contribution in [2.24, 2.45) is 0 Å². The first-order valence-corrected chi connectivity index (χ1v) is 5.96. The van der Waals surface area contributed by atoms with Crippen LogP contribution in [0.25, 0.3) is 0 Å². The molecule has 1 atom stereocenters. The summed E-state index contributed by atoms with van der Waals surface area (Å²) in [5.41, 5.74) is 7.77. The van der Waals surface area contributed by atoms with Crippen LogP contribution in [-0.4, -0.2) is 25.8 Å². The fourth-order valence-electron chi connectivity index (χ4n) is 2.00. The van der Waals surface area contributed by atoms with E-state index in [1.165, 1.54) is 0 Å². The number of hydrogen-bond acceptors (Lipinski definition) is 3. The fourth-order valence-corrected chi connectivity index (χ4v) is 2.17. The van der Waals surface area contributed by atoms with Crippen LogP contribution in [0.5, 0.6) is 0 Å². The summed E-state index contributed by atoms with van der Waals surface area (Å²) in [4.78, 5) is 2.25. The highest BCUT2D eigenvalue weighted by molar-refractivity contribution is 6.31. The quantitative estimate of drug-likeness (QED) is 0.767. The second-order valence-electron chi connectivity index (χ2n) is 4.18. The Morgan fingerprint density at radius 1 is 1.50 bits per heavy atom. The molecule has 0 radical (unpaired) electrons. The third-order valence-electron chi connectivity index (χ3n) is 2.79. The Morgan fingerprint density at radius 3 is 3.12 bits per heavy atom. The van der Waals surface area contributed by atoms with Gasteiger partial charge in [-0.2, -0.15) is 0 Å². The Hall–Kier alpha value is -0.930. The molecule has 1 aromatic carbocycles. The molecule has 3 nitrogen and oxygen atoms in total. The maximum absolute atomic E-state index is 6.00. The Bertz CT molecular complexity index is 370. The molecule has 1 saturated heterocycles. The third-order valence-corrected chi connectivity index (χ3v) is 3.02. The molecular formula is C12H17ClN2O. The summed E-state index contributed by atoms with van der Waals surface area (Å²) in [6.45, 7) is 4.73. The summed E-state index contributed by atoms with van der Waals surface area (Å²) in [5.74, 6) is 0. The molecule has 1 heterocycles. The molecule has 0 spiro atoms. The van der Waals surface area contributed by atoms with Crippen LogP contribution < -0.4 is 10.6 Å². The van der Waals surface area contributed by atoms with Crippen molar-refractivity contribution >= 4 is 23.0 Å². The van der Waals surface area contributed by atoms with Gasteiger partial charge in [-0.25, -0.2) is 0 Å². The summed E-state index contributed by atoms with van der Waals surface area (Å²) < 4.78 is 5.61. The van der Waals surface area contributed by atoms with E-state index in [0.717, 1.165) is 42.5 Å². The molecule has 0 bridgehead atoms. The van der Waals surface area contributed by atoms with Crippen LogP contribution in [0.1, 0.15) is 13.3 Å². The second kappa shape index (κ2) is 4.93. The van der Waals surface area contributed by atoms with E-state index >= 15 is 0 Å². The highest BCUT2D eigenvalue weighted by Gasteiger charge is 2.17. The predicted octanol–water partition coefficient (Wildman–Crippen LogP) is 2.54. The number of nitrogens with zero attached hydrogens (tertiary/aromatic N) is 1. The largest absolute Gasteiger partial charge is 0.397 e. The van der Waals surface area contributed by atoms with Crippen molar-refractivity contribution in [1.29, 1.82) is 0 Å². The van der Waals surface area contributed by atoms with E-state index in [1.807, 2.05) is 18.2 Å². The minimum absolute atomic E-state index is 0.237. The van der Waals surface area contributed by atoms with Crippen LogP contribution >= 0.6 is 11.6 Å². The van der Waals surface area contributed by atoms with Crippen LogP contribution in [0.15, 0.2) is 18.2 Å². The van der Waals surface area contributed by atoms with E-state index in [1.54, 1.807) is 0 Å². The normalized spacial score (nSPS) is 21.9. The van der Waals surface area contributed by atoms with Crippen molar-refractivity contribution in [3.63, 3.8) is 0 Å². The van der Waals surface area contributed by atoms with E-state index < -0.39 is 0 Å². The lowest BCUT2D eigenvalue weighted by Gasteiger charge is -2.25. The molecule has 0 amide bonds. The van der Waals surface area contributed by atoms with Gasteiger partial charge in [-0.15, -0.1) is 0 Å². The van der Waals surface area contributed by atoms with Crippen LogP contribution in [0, 0.1) is 0 Å². The van der Waals surface area contributed by atoms with E-state index in [9.17, 15) is 0 Å². The van der Waals surface area contributed by atoms with Crippen LogP contribution in [0.3, 0.4) is 0 Å². The second-order valence-corrected chi connectivity index (χ2v) is 4.62. The maximum atomic E-state index is 6.00. The number of nitrogen functional groups attached to an aromatic ring is 1. The van der Waals surface area contributed by atoms with Gasteiger partial charge in [0.25, 0.3) is 0 Å². The molecule has 16 heavy (non-hydrogen) atoms. The van der Waals surface area contributed by atoms with Crippen LogP contribution in [0.4, 0.5) is 11.4 Å². The first kappa shape index (κ1) is 11.6. The van der Waals surface area contributed by atoms with Gasteiger partial charge >= 0.3 is 0 Å². The molecule has 1 aliphatic heterocycles. The van der Waals surface area contributed by atoms with E-state index in [4.69, 9.17) is 22.1 Å². The molecule has 88 valence electrons. The zero-order chi connectivity index (χ0) is 11.5. The summed E-state index contributed by atoms with van der Waals surface area (Å²) in [6.07, 6.45) is 1.26. The lowest BCUT2D eigenvalue weighted by molar-refractivity contribution is 0.0821. The SMILES string of the molecule is CC1CN(c2cc(Cl)ccc2N)CCCO1. The molecule has 0 aromatic heterocycles. The average molecular weight is 241 g/mol. The Labute approximate surface area is 101 Å². The molecule has 1 aliphatic rings. The lowest BCUT2D eigenvalue weighted by atomic mass is 10.2.